The average Bonchev–Trinajstić information content (AvgIpc) is 3.10. The molecule has 1 aliphatic heterocycles. The van der Waals surface area contributed by atoms with Crippen molar-refractivity contribution in [2.24, 2.45) is 17.3 Å². The second kappa shape index (κ2) is 9.77. The molecule has 6 rings (SSSR count). The number of aliphatic hydroxyl groups is 1. The molecule has 4 nitrogen and oxygen atoms in total. The van der Waals surface area contributed by atoms with Gasteiger partial charge in [-0.15, -0.1) is 0 Å². The number of ketones is 1. The predicted octanol–water partition coefficient (Wildman–Crippen LogP) is 6.16. The number of carbonyl (C=O) groups is 1. The van der Waals surface area contributed by atoms with Gasteiger partial charge < -0.3 is 14.7 Å². The minimum atomic E-state index is -1.22. The van der Waals surface area contributed by atoms with Crippen LogP contribution in [0.5, 0.6) is 0 Å². The molecule has 0 radical (unpaired) electrons. The van der Waals surface area contributed by atoms with E-state index < -0.39 is 11.0 Å². The summed E-state index contributed by atoms with van der Waals surface area (Å²) in [6, 6.07) is 14.7. The third-order valence-corrected chi connectivity index (χ3v) is 9.69. The maximum absolute atomic E-state index is 13.4. The second-order valence-corrected chi connectivity index (χ2v) is 12.1. The lowest BCUT2D eigenvalue weighted by atomic mass is 9.61. The molecule has 4 aliphatic rings. The van der Waals surface area contributed by atoms with E-state index >= 15 is 0 Å². The molecular formula is C34H36FNO3. The van der Waals surface area contributed by atoms with Crippen LogP contribution in [0, 0.1) is 34.9 Å². The zero-order chi connectivity index (χ0) is 27.4. The average molecular weight is 526 g/mol. The van der Waals surface area contributed by atoms with Crippen LogP contribution in [0.4, 0.5) is 10.1 Å². The second-order valence-electron chi connectivity index (χ2n) is 12.1. The molecule has 1 saturated heterocycles. The van der Waals surface area contributed by atoms with Crippen LogP contribution >= 0.6 is 0 Å². The maximum Gasteiger partial charge on any atom is 0.156 e. The summed E-state index contributed by atoms with van der Waals surface area (Å²) in [7, 11) is 4.07. The number of benzene rings is 2. The Kier molecular flexibility index (Phi) is 6.52. The number of nitrogens with zero attached hydrogens (tertiary/aromatic N) is 1. The lowest BCUT2D eigenvalue weighted by Crippen LogP contribution is -2.48. The highest BCUT2D eigenvalue weighted by Gasteiger charge is 2.61. The number of carbonyl (C=O) groups excluding carboxylic acids is 1. The number of halogens is 1. The van der Waals surface area contributed by atoms with Crippen molar-refractivity contribution in [2.45, 2.75) is 57.2 Å². The summed E-state index contributed by atoms with van der Waals surface area (Å²) in [4.78, 5) is 14.4. The van der Waals surface area contributed by atoms with Gasteiger partial charge in [0, 0.05) is 37.2 Å². The molecule has 0 bridgehead atoms. The molecule has 2 aromatic carbocycles. The van der Waals surface area contributed by atoms with Gasteiger partial charge >= 0.3 is 0 Å². The van der Waals surface area contributed by atoms with Gasteiger partial charge in [-0.3, -0.25) is 4.79 Å². The van der Waals surface area contributed by atoms with Gasteiger partial charge in [0.2, 0.25) is 0 Å². The lowest BCUT2D eigenvalue weighted by molar-refractivity contribution is -0.114. The highest BCUT2D eigenvalue weighted by Crippen LogP contribution is 2.61. The number of allylic oxidation sites excluding steroid dienone is 3. The molecule has 39 heavy (non-hydrogen) atoms. The van der Waals surface area contributed by atoms with E-state index in [1.807, 2.05) is 20.2 Å². The molecule has 5 heteroatoms. The lowest BCUT2D eigenvalue weighted by Gasteiger charge is -2.42. The van der Waals surface area contributed by atoms with Gasteiger partial charge in [-0.2, -0.15) is 0 Å². The van der Waals surface area contributed by atoms with E-state index in [1.165, 1.54) is 28.9 Å². The zero-order valence-corrected chi connectivity index (χ0v) is 23.0. The summed E-state index contributed by atoms with van der Waals surface area (Å²) in [6.45, 7) is 2.52. The molecule has 5 unspecified atom stereocenters. The van der Waals surface area contributed by atoms with Crippen molar-refractivity contribution in [1.82, 2.24) is 0 Å². The van der Waals surface area contributed by atoms with Gasteiger partial charge in [0.15, 0.2) is 5.78 Å². The first kappa shape index (κ1) is 26.0. The van der Waals surface area contributed by atoms with Crippen molar-refractivity contribution in [3.63, 3.8) is 0 Å². The molecule has 3 aliphatic carbocycles. The van der Waals surface area contributed by atoms with Gasteiger partial charge in [-0.05, 0) is 109 Å². The van der Waals surface area contributed by atoms with Crippen LogP contribution in [0.3, 0.4) is 0 Å². The Morgan fingerprint density at radius 1 is 1.03 bits per heavy atom. The minimum Gasteiger partial charge on any atom is -0.378 e. The largest absolute Gasteiger partial charge is 0.378 e. The highest BCUT2D eigenvalue weighted by molar-refractivity contribution is 5.93. The van der Waals surface area contributed by atoms with Gasteiger partial charge in [-0.1, -0.05) is 30.9 Å². The SMILES string of the molecule is CN(C)c1ccc(C2OCC3(C)C(CCC3(O)C#Cc3ccc(F)cc3)C3CCC4=CC(=O)CCC4=C23)cc1. The van der Waals surface area contributed by atoms with Crippen molar-refractivity contribution >= 4 is 11.5 Å². The van der Waals surface area contributed by atoms with Crippen molar-refractivity contribution in [1.29, 1.82) is 0 Å². The van der Waals surface area contributed by atoms with Crippen LogP contribution in [-0.2, 0) is 9.53 Å². The zero-order valence-electron chi connectivity index (χ0n) is 23.0. The molecule has 0 spiro atoms. The number of rotatable bonds is 2. The molecule has 0 aromatic heterocycles. The molecule has 202 valence electrons. The Bertz CT molecular complexity index is 1410. The van der Waals surface area contributed by atoms with Gasteiger partial charge in [0.25, 0.3) is 0 Å². The number of fused-ring (bicyclic) bond motifs is 4. The third kappa shape index (κ3) is 4.44. The fraction of sp³-hybridized carbons (Fsp3) is 0.441. The van der Waals surface area contributed by atoms with E-state index in [-0.39, 0.29) is 29.5 Å². The van der Waals surface area contributed by atoms with Gasteiger partial charge in [0.1, 0.15) is 17.5 Å². The number of hydrogen-bond acceptors (Lipinski definition) is 4. The Hall–Kier alpha value is -3.20. The maximum atomic E-state index is 13.4. The number of anilines is 1. The van der Waals surface area contributed by atoms with E-state index in [2.05, 4.69) is 47.9 Å². The van der Waals surface area contributed by atoms with Crippen LogP contribution in [0.25, 0.3) is 0 Å². The molecule has 5 atom stereocenters. The quantitative estimate of drug-likeness (QED) is 0.478. The van der Waals surface area contributed by atoms with E-state index in [9.17, 15) is 14.3 Å². The van der Waals surface area contributed by atoms with Crippen LogP contribution in [0.1, 0.15) is 62.7 Å². The van der Waals surface area contributed by atoms with Crippen molar-refractivity contribution in [3.05, 3.63) is 88.3 Å². The molecule has 2 fully saturated rings. The van der Waals surface area contributed by atoms with E-state index in [0.29, 0.717) is 25.0 Å². The Morgan fingerprint density at radius 2 is 1.77 bits per heavy atom. The monoisotopic (exact) mass is 525 g/mol. The first-order valence-corrected chi connectivity index (χ1v) is 14.1. The Labute approximate surface area is 230 Å². The minimum absolute atomic E-state index is 0.206. The van der Waals surface area contributed by atoms with Crippen LogP contribution in [0.15, 0.2) is 71.3 Å². The van der Waals surface area contributed by atoms with Crippen molar-refractivity contribution < 1.29 is 19.0 Å². The Balaban J connectivity index is 1.44. The number of ether oxygens (including phenoxy) is 1. The normalized spacial score (nSPS) is 31.8. The first-order valence-electron chi connectivity index (χ1n) is 14.1. The summed E-state index contributed by atoms with van der Waals surface area (Å²) in [5.41, 5.74) is 4.91. The van der Waals surface area contributed by atoms with Crippen LogP contribution in [-0.4, -0.2) is 37.2 Å². The summed E-state index contributed by atoms with van der Waals surface area (Å²) >= 11 is 0. The third-order valence-electron chi connectivity index (χ3n) is 9.69. The molecule has 0 amide bonds. The van der Waals surface area contributed by atoms with Gasteiger partial charge in [-0.25, -0.2) is 4.39 Å². The summed E-state index contributed by atoms with van der Waals surface area (Å²) in [5.74, 6) is 6.71. The highest BCUT2D eigenvalue weighted by atomic mass is 19.1. The van der Waals surface area contributed by atoms with Crippen LogP contribution < -0.4 is 4.90 Å². The van der Waals surface area contributed by atoms with E-state index in [4.69, 9.17) is 4.74 Å². The molecular weight excluding hydrogens is 489 g/mol. The molecule has 1 saturated carbocycles. The van der Waals surface area contributed by atoms with Crippen molar-refractivity contribution in [3.8, 4) is 11.8 Å². The molecule has 1 heterocycles. The fourth-order valence-electron chi connectivity index (χ4n) is 7.41. The predicted molar refractivity (Wildman–Crippen MR) is 151 cm³/mol. The summed E-state index contributed by atoms with van der Waals surface area (Å²) in [6.07, 6.45) is 6.19. The smallest absolute Gasteiger partial charge is 0.156 e. The topological polar surface area (TPSA) is 49.8 Å². The standard InChI is InChI=1S/C34H36FNO3/c1-33-21-39-32(23-6-11-26(12-7-23)36(2)3)31-28-15-13-27(37)20-24(28)8-14-29(31)30(33)17-19-34(33,38)18-16-22-4-9-25(35)10-5-22/h4-7,9-12,20,29-30,32,38H,8,13-15,17,19,21H2,1-3H3. The van der Waals surface area contributed by atoms with E-state index in [0.717, 1.165) is 36.9 Å². The van der Waals surface area contributed by atoms with E-state index in [1.54, 1.807) is 12.1 Å². The van der Waals surface area contributed by atoms with Gasteiger partial charge in [0.05, 0.1) is 6.61 Å². The fourth-order valence-corrected chi connectivity index (χ4v) is 7.41. The summed E-state index contributed by atoms with van der Waals surface area (Å²) < 4.78 is 20.3. The Morgan fingerprint density at radius 3 is 2.49 bits per heavy atom. The van der Waals surface area contributed by atoms with Crippen LogP contribution in [0.2, 0.25) is 0 Å². The van der Waals surface area contributed by atoms with Crippen molar-refractivity contribution in [2.75, 3.05) is 25.6 Å². The summed E-state index contributed by atoms with van der Waals surface area (Å²) in [5, 5.41) is 12.1. The number of hydrogen-bond donors (Lipinski definition) is 1. The molecule has 1 N–H and O–H groups in total. The molecule has 2 aromatic rings. The first-order chi connectivity index (χ1) is 18.7.